The van der Waals surface area contributed by atoms with Crippen LogP contribution in [-0.4, -0.2) is 55.5 Å². The fourth-order valence-corrected chi connectivity index (χ4v) is 4.71. The van der Waals surface area contributed by atoms with Crippen molar-refractivity contribution in [2.24, 2.45) is 0 Å². The van der Waals surface area contributed by atoms with E-state index in [4.69, 9.17) is 4.74 Å². The number of hydrogen-bond acceptors (Lipinski definition) is 8. The Morgan fingerprint density at radius 1 is 1.17 bits per heavy atom. The lowest BCUT2D eigenvalue weighted by Gasteiger charge is -2.22. The number of ether oxygens (including phenoxy) is 1. The Bertz CT molecular complexity index is 1520. The predicted octanol–water partition coefficient (Wildman–Crippen LogP) is 2.72. The molecule has 0 unspecified atom stereocenters. The number of rotatable bonds is 2. The summed E-state index contributed by atoms with van der Waals surface area (Å²) < 4.78 is 23.1. The van der Waals surface area contributed by atoms with Gasteiger partial charge in [0.15, 0.2) is 5.65 Å². The number of alkyl halides is 1. The summed E-state index contributed by atoms with van der Waals surface area (Å²) in [5.41, 5.74) is 1.96. The van der Waals surface area contributed by atoms with Gasteiger partial charge in [0.25, 0.3) is 5.56 Å². The first-order valence-corrected chi connectivity index (χ1v) is 11.6. The molecule has 184 valence electrons. The van der Waals surface area contributed by atoms with Crippen LogP contribution in [0.5, 0.6) is 0 Å². The number of imidazole rings is 1. The van der Waals surface area contributed by atoms with Gasteiger partial charge >= 0.3 is 6.03 Å². The fraction of sp³-hybridized carbons (Fsp3) is 0.292. The average Bonchev–Trinajstić information content (AvgIpc) is 3.46. The van der Waals surface area contributed by atoms with E-state index in [0.717, 1.165) is 0 Å². The van der Waals surface area contributed by atoms with Crippen molar-refractivity contribution in [2.45, 2.75) is 37.8 Å². The molecule has 1 aliphatic carbocycles. The summed E-state index contributed by atoms with van der Waals surface area (Å²) in [6.07, 6.45) is 3.29. The lowest BCUT2D eigenvalue weighted by molar-refractivity contribution is 0.0271. The summed E-state index contributed by atoms with van der Waals surface area (Å²) in [4.78, 5) is 39.8. The maximum Gasteiger partial charge on any atom is 0.328 e. The van der Waals surface area contributed by atoms with E-state index in [1.165, 1.54) is 15.5 Å². The van der Waals surface area contributed by atoms with E-state index in [1.807, 2.05) is 0 Å². The lowest BCUT2D eigenvalue weighted by Crippen LogP contribution is -2.43. The Hall–Kier alpha value is -4.32. The summed E-state index contributed by atoms with van der Waals surface area (Å²) in [5.74, 6) is 0.782. The highest BCUT2D eigenvalue weighted by Gasteiger charge is 2.37. The fourth-order valence-electron chi connectivity index (χ4n) is 4.71. The summed E-state index contributed by atoms with van der Waals surface area (Å²) in [6, 6.07) is 7.67. The number of nitrogens with one attached hydrogen (secondary N) is 3. The number of fused-ring (bicyclic) bond motifs is 4. The van der Waals surface area contributed by atoms with Crippen molar-refractivity contribution >= 4 is 34.4 Å². The third-order valence-corrected chi connectivity index (χ3v) is 6.45. The number of halogens is 1. The molecule has 0 saturated heterocycles. The molecule has 4 aromatic rings. The van der Waals surface area contributed by atoms with E-state index in [2.05, 4.69) is 30.9 Å². The molecule has 11 nitrogen and oxygen atoms in total. The second kappa shape index (κ2) is 8.72. The van der Waals surface area contributed by atoms with Crippen molar-refractivity contribution in [1.29, 1.82) is 0 Å². The highest BCUT2D eigenvalue weighted by atomic mass is 19.1. The monoisotopic (exact) mass is 490 g/mol. The molecule has 12 heteroatoms. The van der Waals surface area contributed by atoms with Crippen molar-refractivity contribution < 1.29 is 13.9 Å². The molecule has 0 aromatic carbocycles. The molecular formula is C24H23FN8O3. The van der Waals surface area contributed by atoms with Crippen molar-refractivity contribution in [1.82, 2.24) is 29.4 Å². The second-order valence-corrected chi connectivity index (χ2v) is 8.82. The molecule has 1 fully saturated rings. The molecule has 4 bridgehead atoms. The van der Waals surface area contributed by atoms with Crippen LogP contribution in [0.3, 0.4) is 0 Å². The molecule has 2 aliphatic rings. The third kappa shape index (κ3) is 3.85. The van der Waals surface area contributed by atoms with Crippen LogP contribution >= 0.6 is 0 Å². The number of pyridine rings is 3. The van der Waals surface area contributed by atoms with E-state index >= 15 is 0 Å². The highest BCUT2D eigenvalue weighted by molar-refractivity contribution is 5.94. The van der Waals surface area contributed by atoms with Crippen LogP contribution in [-0.2, 0) is 11.3 Å². The molecule has 0 radical (unpaired) electrons. The molecule has 0 spiro atoms. The first-order chi connectivity index (χ1) is 17.5. The van der Waals surface area contributed by atoms with Gasteiger partial charge in [-0.2, -0.15) is 0 Å². The van der Waals surface area contributed by atoms with Crippen LogP contribution in [0.15, 0.2) is 53.8 Å². The average molecular weight is 490 g/mol. The lowest BCUT2D eigenvalue weighted by atomic mass is 10.2. The van der Waals surface area contributed by atoms with Gasteiger partial charge in [-0.15, -0.1) is 0 Å². The van der Waals surface area contributed by atoms with E-state index in [9.17, 15) is 14.0 Å². The molecular weight excluding hydrogens is 467 g/mol. The number of anilines is 3. The summed E-state index contributed by atoms with van der Waals surface area (Å²) in [7, 11) is 1.73. The van der Waals surface area contributed by atoms with Crippen LogP contribution in [0.4, 0.5) is 26.4 Å². The SMILES string of the molecule is CNc1cc2nc3c1ncn3C(=O)N[C@@H]1C[C@@H](F)C[C@H]1OCc1cc(c(=O)n(-c3ccccn3)c1)N2. The molecule has 1 saturated carbocycles. The van der Waals surface area contributed by atoms with Gasteiger partial charge in [0.1, 0.15) is 35.3 Å². The number of carbonyl (C=O) groups excluding carboxylic acids is 1. The van der Waals surface area contributed by atoms with Crippen LogP contribution in [0.1, 0.15) is 18.4 Å². The Morgan fingerprint density at radius 2 is 2.06 bits per heavy atom. The van der Waals surface area contributed by atoms with Gasteiger partial charge in [-0.05, 0) is 23.8 Å². The van der Waals surface area contributed by atoms with E-state index in [1.54, 1.807) is 49.8 Å². The maximum atomic E-state index is 14.4. The van der Waals surface area contributed by atoms with Crippen LogP contribution in [0.2, 0.25) is 0 Å². The first kappa shape index (κ1) is 22.2. The standard InChI is InChI=1S/C24H23FN8O3/c1-26-16-9-19-29-17-6-13(10-32(23(17)34)20-4-2-3-5-27-20)11-36-18-8-14(25)7-15(18)30-24(35)33-12-28-21(16)22(33)31-19/h2-6,9-10,12,14-15,18H,7-8,11H2,1H3,(H,30,35)(H2,26,29,31)/t14-,15-,18-/m1/s1. The second-order valence-electron chi connectivity index (χ2n) is 8.82. The summed E-state index contributed by atoms with van der Waals surface area (Å²) in [5, 5.41) is 9.03. The molecule has 3 N–H and O–H groups in total. The zero-order valence-electron chi connectivity index (χ0n) is 19.3. The minimum Gasteiger partial charge on any atom is -0.386 e. The minimum absolute atomic E-state index is 0.107. The zero-order valence-corrected chi connectivity index (χ0v) is 19.3. The Morgan fingerprint density at radius 3 is 2.86 bits per heavy atom. The predicted molar refractivity (Wildman–Crippen MR) is 131 cm³/mol. The quantitative estimate of drug-likeness (QED) is 0.391. The van der Waals surface area contributed by atoms with E-state index < -0.39 is 24.3 Å². The summed E-state index contributed by atoms with van der Waals surface area (Å²) >= 11 is 0. The van der Waals surface area contributed by atoms with Gasteiger partial charge in [-0.1, -0.05) is 6.07 Å². The molecule has 3 atom stereocenters. The van der Waals surface area contributed by atoms with Gasteiger partial charge in [0, 0.05) is 38.3 Å². The topological polar surface area (TPSA) is 128 Å². The van der Waals surface area contributed by atoms with Gasteiger partial charge in [0.2, 0.25) is 0 Å². The van der Waals surface area contributed by atoms with Crippen molar-refractivity contribution in [2.75, 3.05) is 17.7 Å². The molecule has 1 aliphatic heterocycles. The normalized spacial score (nSPS) is 21.5. The van der Waals surface area contributed by atoms with Crippen molar-refractivity contribution in [3.05, 3.63) is 65.0 Å². The van der Waals surface area contributed by atoms with E-state index in [-0.39, 0.29) is 36.3 Å². The van der Waals surface area contributed by atoms with Crippen LogP contribution < -0.4 is 21.5 Å². The van der Waals surface area contributed by atoms with Gasteiger partial charge in [0.05, 0.1) is 24.4 Å². The number of hydrogen-bond donors (Lipinski definition) is 3. The molecule has 4 aromatic heterocycles. The molecule has 1 amide bonds. The van der Waals surface area contributed by atoms with E-state index in [0.29, 0.717) is 28.4 Å². The van der Waals surface area contributed by atoms with Crippen molar-refractivity contribution in [3.8, 4) is 5.82 Å². The Kier molecular flexibility index (Phi) is 5.37. The van der Waals surface area contributed by atoms with Gasteiger partial charge in [-0.3, -0.25) is 9.36 Å². The van der Waals surface area contributed by atoms with Crippen molar-refractivity contribution in [3.63, 3.8) is 0 Å². The number of carbonyl (C=O) groups is 1. The smallest absolute Gasteiger partial charge is 0.328 e. The van der Waals surface area contributed by atoms with Gasteiger partial charge in [-0.25, -0.2) is 28.7 Å². The number of nitrogens with zero attached hydrogens (tertiary/aromatic N) is 5. The highest BCUT2D eigenvalue weighted by Crippen LogP contribution is 2.29. The molecule has 5 heterocycles. The molecule has 36 heavy (non-hydrogen) atoms. The van der Waals surface area contributed by atoms with Crippen LogP contribution in [0, 0.1) is 0 Å². The number of amides is 1. The third-order valence-electron chi connectivity index (χ3n) is 6.45. The largest absolute Gasteiger partial charge is 0.386 e. The Balaban J connectivity index is 1.54. The minimum atomic E-state index is -1.10. The Labute approximate surface area is 204 Å². The summed E-state index contributed by atoms with van der Waals surface area (Å²) in [6.45, 7) is 0.107. The van der Waals surface area contributed by atoms with Crippen LogP contribution in [0.25, 0.3) is 17.0 Å². The molecule has 6 rings (SSSR count). The maximum absolute atomic E-state index is 14.4. The zero-order chi connectivity index (χ0) is 24.8. The first-order valence-electron chi connectivity index (χ1n) is 11.6. The number of aromatic nitrogens is 5. The van der Waals surface area contributed by atoms with Gasteiger partial charge < -0.3 is 20.7 Å².